The van der Waals surface area contributed by atoms with Crippen LogP contribution in [0.25, 0.3) is 0 Å². The van der Waals surface area contributed by atoms with E-state index in [1.54, 1.807) is 7.11 Å². The van der Waals surface area contributed by atoms with Crippen LogP contribution in [0, 0.1) is 0 Å². The van der Waals surface area contributed by atoms with Crippen molar-refractivity contribution in [3.8, 4) is 5.75 Å². The summed E-state index contributed by atoms with van der Waals surface area (Å²) in [4.78, 5) is 2.59. The predicted molar refractivity (Wildman–Crippen MR) is 75.8 cm³/mol. The van der Waals surface area contributed by atoms with Gasteiger partial charge in [-0.1, -0.05) is 6.92 Å². The maximum Gasteiger partial charge on any atom is 0.119 e. The van der Waals surface area contributed by atoms with Crippen molar-refractivity contribution in [3.05, 3.63) is 23.8 Å². The number of nitrogens with one attached hydrogen (secondary N) is 1. The zero-order valence-electron chi connectivity index (χ0n) is 11.7. The van der Waals surface area contributed by atoms with Crippen LogP contribution in [0.5, 0.6) is 5.75 Å². The van der Waals surface area contributed by atoms with E-state index in [4.69, 9.17) is 9.47 Å². The molecule has 3 rings (SSSR count). The second-order valence-electron chi connectivity index (χ2n) is 5.22. The summed E-state index contributed by atoms with van der Waals surface area (Å²) in [6.07, 6.45) is 1.13. The SMILES string of the molecule is CCC1COCCN1C1CNc2ccc(OC)cc21. The molecule has 4 nitrogen and oxygen atoms in total. The molecule has 0 aromatic heterocycles. The average molecular weight is 262 g/mol. The lowest BCUT2D eigenvalue weighted by atomic mass is 10.0. The third kappa shape index (κ3) is 2.30. The molecule has 0 aliphatic carbocycles. The molecule has 2 heterocycles. The summed E-state index contributed by atoms with van der Waals surface area (Å²) in [5, 5.41) is 3.51. The molecule has 0 saturated carbocycles. The lowest BCUT2D eigenvalue weighted by Gasteiger charge is -2.39. The summed E-state index contributed by atoms with van der Waals surface area (Å²) < 4.78 is 11.0. The molecule has 1 aromatic carbocycles. The Labute approximate surface area is 114 Å². The zero-order valence-corrected chi connectivity index (χ0v) is 11.7. The van der Waals surface area contributed by atoms with Gasteiger partial charge in [-0.2, -0.15) is 0 Å². The number of ether oxygens (including phenoxy) is 2. The highest BCUT2D eigenvalue weighted by Crippen LogP contribution is 2.38. The van der Waals surface area contributed by atoms with Crippen LogP contribution in [0.15, 0.2) is 18.2 Å². The maximum atomic E-state index is 5.61. The first-order chi connectivity index (χ1) is 9.33. The van der Waals surface area contributed by atoms with Crippen molar-refractivity contribution in [2.45, 2.75) is 25.4 Å². The van der Waals surface area contributed by atoms with Crippen molar-refractivity contribution >= 4 is 5.69 Å². The molecule has 0 spiro atoms. The Morgan fingerprint density at radius 3 is 3.16 bits per heavy atom. The fourth-order valence-corrected chi connectivity index (χ4v) is 3.15. The lowest BCUT2D eigenvalue weighted by Crippen LogP contribution is -2.47. The second kappa shape index (κ2) is 5.39. The summed E-state index contributed by atoms with van der Waals surface area (Å²) >= 11 is 0. The van der Waals surface area contributed by atoms with E-state index in [1.165, 1.54) is 11.3 Å². The third-order valence-electron chi connectivity index (χ3n) is 4.25. The third-order valence-corrected chi connectivity index (χ3v) is 4.25. The van der Waals surface area contributed by atoms with Crippen molar-refractivity contribution in [2.24, 2.45) is 0 Å². The number of fused-ring (bicyclic) bond motifs is 1. The Kier molecular flexibility index (Phi) is 3.62. The van der Waals surface area contributed by atoms with E-state index in [1.807, 2.05) is 6.07 Å². The molecular formula is C15H22N2O2. The van der Waals surface area contributed by atoms with Gasteiger partial charge in [0, 0.05) is 24.8 Å². The van der Waals surface area contributed by atoms with Crippen molar-refractivity contribution < 1.29 is 9.47 Å². The van der Waals surface area contributed by atoms with Crippen LogP contribution in [-0.2, 0) is 4.74 Å². The van der Waals surface area contributed by atoms with Gasteiger partial charge in [0.1, 0.15) is 5.75 Å². The summed E-state index contributed by atoms with van der Waals surface area (Å²) in [6, 6.07) is 7.28. The molecule has 2 atom stereocenters. The van der Waals surface area contributed by atoms with Gasteiger partial charge in [0.15, 0.2) is 0 Å². The first kappa shape index (κ1) is 12.8. The second-order valence-corrected chi connectivity index (χ2v) is 5.22. The first-order valence-corrected chi connectivity index (χ1v) is 7.08. The van der Waals surface area contributed by atoms with E-state index < -0.39 is 0 Å². The first-order valence-electron chi connectivity index (χ1n) is 7.08. The Bertz CT molecular complexity index is 450. The molecule has 19 heavy (non-hydrogen) atoms. The van der Waals surface area contributed by atoms with Gasteiger partial charge in [0.05, 0.1) is 26.4 Å². The molecule has 104 valence electrons. The van der Waals surface area contributed by atoms with Crippen LogP contribution in [0.4, 0.5) is 5.69 Å². The lowest BCUT2D eigenvalue weighted by molar-refractivity contribution is -0.0270. The van der Waals surface area contributed by atoms with Gasteiger partial charge in [-0.05, 0) is 30.2 Å². The molecule has 1 N–H and O–H groups in total. The summed E-state index contributed by atoms with van der Waals surface area (Å²) in [6.45, 7) is 5.93. The van der Waals surface area contributed by atoms with E-state index in [0.717, 1.165) is 38.5 Å². The van der Waals surface area contributed by atoms with E-state index in [-0.39, 0.29) is 0 Å². The Morgan fingerprint density at radius 1 is 1.47 bits per heavy atom. The van der Waals surface area contributed by atoms with E-state index in [9.17, 15) is 0 Å². The topological polar surface area (TPSA) is 33.7 Å². The number of hydrogen-bond donors (Lipinski definition) is 1. The summed E-state index contributed by atoms with van der Waals surface area (Å²) in [7, 11) is 1.72. The maximum absolute atomic E-state index is 5.61. The van der Waals surface area contributed by atoms with Crippen molar-refractivity contribution in [1.29, 1.82) is 0 Å². The minimum absolute atomic E-state index is 0.443. The minimum atomic E-state index is 0.443. The summed E-state index contributed by atoms with van der Waals surface area (Å²) in [5.41, 5.74) is 2.60. The molecule has 2 aliphatic rings. The van der Waals surface area contributed by atoms with Crippen LogP contribution >= 0.6 is 0 Å². The Balaban J connectivity index is 1.87. The molecule has 1 saturated heterocycles. The van der Waals surface area contributed by atoms with E-state index >= 15 is 0 Å². The Morgan fingerprint density at radius 2 is 2.37 bits per heavy atom. The van der Waals surface area contributed by atoms with Gasteiger partial charge in [-0.15, -0.1) is 0 Å². The van der Waals surface area contributed by atoms with Gasteiger partial charge in [0.2, 0.25) is 0 Å². The normalized spacial score (nSPS) is 26.8. The highest BCUT2D eigenvalue weighted by molar-refractivity contribution is 5.60. The number of nitrogens with zero attached hydrogens (tertiary/aromatic N) is 1. The number of morpholine rings is 1. The standard InChI is InChI=1S/C15H22N2O2/c1-3-11-10-19-7-6-17(11)15-9-16-14-5-4-12(18-2)8-13(14)15/h4-5,8,11,15-16H,3,6-7,9-10H2,1-2H3. The quantitative estimate of drug-likeness (QED) is 0.906. The molecule has 1 fully saturated rings. The van der Waals surface area contributed by atoms with Gasteiger partial charge in [0.25, 0.3) is 0 Å². The zero-order chi connectivity index (χ0) is 13.2. The molecule has 2 unspecified atom stereocenters. The van der Waals surface area contributed by atoms with Gasteiger partial charge < -0.3 is 14.8 Å². The molecule has 1 aromatic rings. The van der Waals surface area contributed by atoms with Crippen LogP contribution in [0.1, 0.15) is 24.9 Å². The number of methoxy groups -OCH3 is 1. The monoisotopic (exact) mass is 262 g/mol. The largest absolute Gasteiger partial charge is 0.497 e. The van der Waals surface area contributed by atoms with Crippen molar-refractivity contribution in [3.63, 3.8) is 0 Å². The van der Waals surface area contributed by atoms with Crippen LogP contribution in [0.2, 0.25) is 0 Å². The smallest absolute Gasteiger partial charge is 0.119 e. The minimum Gasteiger partial charge on any atom is -0.497 e. The highest BCUT2D eigenvalue weighted by atomic mass is 16.5. The Hall–Kier alpha value is -1.26. The fraction of sp³-hybridized carbons (Fsp3) is 0.600. The highest BCUT2D eigenvalue weighted by Gasteiger charge is 2.33. The molecule has 0 bridgehead atoms. The van der Waals surface area contributed by atoms with Crippen LogP contribution < -0.4 is 10.1 Å². The number of rotatable bonds is 3. The summed E-state index contributed by atoms with van der Waals surface area (Å²) in [5.74, 6) is 0.939. The van der Waals surface area contributed by atoms with Crippen molar-refractivity contribution in [1.82, 2.24) is 4.90 Å². The molecule has 0 radical (unpaired) electrons. The molecule has 2 aliphatic heterocycles. The molecule has 0 amide bonds. The van der Waals surface area contributed by atoms with Gasteiger partial charge >= 0.3 is 0 Å². The van der Waals surface area contributed by atoms with Crippen molar-refractivity contribution in [2.75, 3.05) is 38.7 Å². The fourth-order valence-electron chi connectivity index (χ4n) is 3.15. The van der Waals surface area contributed by atoms with Gasteiger partial charge in [-0.25, -0.2) is 0 Å². The van der Waals surface area contributed by atoms with Crippen LogP contribution in [-0.4, -0.2) is 44.4 Å². The number of benzene rings is 1. The van der Waals surface area contributed by atoms with Gasteiger partial charge in [-0.3, -0.25) is 4.90 Å². The predicted octanol–water partition coefficient (Wildman–Crippen LogP) is 2.27. The average Bonchev–Trinajstić information content (AvgIpc) is 2.89. The van der Waals surface area contributed by atoms with Crippen LogP contribution in [0.3, 0.4) is 0 Å². The van der Waals surface area contributed by atoms with E-state index in [2.05, 4.69) is 29.3 Å². The van der Waals surface area contributed by atoms with E-state index in [0.29, 0.717) is 12.1 Å². The number of hydrogen-bond acceptors (Lipinski definition) is 4. The molecule has 4 heteroatoms. The molecular weight excluding hydrogens is 240 g/mol. The number of anilines is 1.